The zero-order valence-corrected chi connectivity index (χ0v) is 11.9. The van der Waals surface area contributed by atoms with E-state index in [1.807, 2.05) is 0 Å². The molecular formula is C14H26O5. The summed E-state index contributed by atoms with van der Waals surface area (Å²) in [7, 11) is 0. The van der Waals surface area contributed by atoms with Crippen LogP contribution in [0.4, 0.5) is 0 Å². The van der Waals surface area contributed by atoms with Crippen LogP contribution in [0.5, 0.6) is 0 Å². The maximum atomic E-state index is 11.3. The number of carbonyl (C=O) groups is 2. The number of carbonyl (C=O) groups excluding carboxylic acids is 2. The van der Waals surface area contributed by atoms with E-state index in [1.165, 1.54) is 25.7 Å². The Kier molecular flexibility index (Phi) is 12.6. The lowest BCUT2D eigenvalue weighted by Crippen LogP contribution is -2.12. The molecule has 0 saturated carbocycles. The van der Waals surface area contributed by atoms with Gasteiger partial charge in [0.05, 0.1) is 26.1 Å². The largest absolute Gasteiger partial charge is 0.466 e. The molecule has 0 heterocycles. The van der Waals surface area contributed by atoms with Gasteiger partial charge in [0.1, 0.15) is 6.61 Å². The number of unbranched alkanes of at least 4 members (excludes halogenated alkanes) is 5. The molecular weight excluding hydrogens is 248 g/mol. The van der Waals surface area contributed by atoms with Gasteiger partial charge in [0.2, 0.25) is 0 Å². The first-order valence-electron chi connectivity index (χ1n) is 7.12. The molecule has 0 aliphatic rings. The Labute approximate surface area is 115 Å². The first kappa shape index (κ1) is 17.9. The van der Waals surface area contributed by atoms with Gasteiger partial charge in [0.25, 0.3) is 0 Å². The minimum Gasteiger partial charge on any atom is -0.466 e. The topological polar surface area (TPSA) is 72.8 Å². The van der Waals surface area contributed by atoms with Gasteiger partial charge >= 0.3 is 11.9 Å². The lowest BCUT2D eigenvalue weighted by molar-refractivity contribution is -0.150. The molecule has 0 bridgehead atoms. The summed E-state index contributed by atoms with van der Waals surface area (Å²) in [4.78, 5) is 22.3. The number of aliphatic hydroxyl groups excluding tert-OH is 1. The number of aliphatic hydroxyl groups is 1. The first-order chi connectivity index (χ1) is 9.20. The summed E-state index contributed by atoms with van der Waals surface area (Å²) in [6.07, 6.45) is 6.91. The summed E-state index contributed by atoms with van der Waals surface area (Å²) in [5, 5.41) is 8.44. The van der Waals surface area contributed by atoms with Gasteiger partial charge in [-0.3, -0.25) is 9.59 Å². The van der Waals surface area contributed by atoms with Crippen LogP contribution in [0.25, 0.3) is 0 Å². The summed E-state index contributed by atoms with van der Waals surface area (Å²) >= 11 is 0. The molecule has 5 heteroatoms. The molecule has 0 rings (SSSR count). The first-order valence-corrected chi connectivity index (χ1v) is 7.12. The fraction of sp³-hybridized carbons (Fsp3) is 0.857. The monoisotopic (exact) mass is 274 g/mol. The third-order valence-corrected chi connectivity index (χ3v) is 2.65. The van der Waals surface area contributed by atoms with Crippen molar-refractivity contribution in [3.05, 3.63) is 0 Å². The predicted molar refractivity (Wildman–Crippen MR) is 71.6 cm³/mol. The smallest absolute Gasteiger partial charge is 0.306 e. The van der Waals surface area contributed by atoms with Gasteiger partial charge in [0, 0.05) is 0 Å². The van der Waals surface area contributed by atoms with Crippen molar-refractivity contribution >= 4 is 11.9 Å². The Hall–Kier alpha value is -1.10. The van der Waals surface area contributed by atoms with Gasteiger partial charge < -0.3 is 14.6 Å². The van der Waals surface area contributed by atoms with Gasteiger partial charge in [-0.05, 0) is 6.42 Å². The third kappa shape index (κ3) is 13.1. The van der Waals surface area contributed by atoms with Gasteiger partial charge in [-0.1, -0.05) is 39.0 Å². The molecule has 0 aromatic carbocycles. The lowest BCUT2D eigenvalue weighted by atomic mass is 10.1. The van der Waals surface area contributed by atoms with Crippen molar-refractivity contribution in [2.24, 2.45) is 0 Å². The van der Waals surface area contributed by atoms with E-state index >= 15 is 0 Å². The van der Waals surface area contributed by atoms with Gasteiger partial charge in [-0.25, -0.2) is 0 Å². The lowest BCUT2D eigenvalue weighted by Gasteiger charge is -2.05. The van der Waals surface area contributed by atoms with Crippen LogP contribution in [0.15, 0.2) is 0 Å². The molecule has 0 fully saturated rings. The highest BCUT2D eigenvalue weighted by Crippen LogP contribution is 2.05. The minimum absolute atomic E-state index is 0.00926. The predicted octanol–water partition coefficient (Wildman–Crippen LogP) is 2.21. The normalized spacial score (nSPS) is 10.2. The molecule has 0 saturated heterocycles. The van der Waals surface area contributed by atoms with Crippen LogP contribution in [0.3, 0.4) is 0 Å². The quantitative estimate of drug-likeness (QED) is 0.436. The van der Waals surface area contributed by atoms with E-state index in [2.05, 4.69) is 11.7 Å². The fourth-order valence-electron chi connectivity index (χ4n) is 1.58. The summed E-state index contributed by atoms with van der Waals surface area (Å²) in [6, 6.07) is 0. The standard InChI is InChI=1S/C14H26O5/c1-2-3-4-5-6-7-11-18-13(16)8-9-14(17)19-12-10-15/h15H,2-12H2,1H3. The van der Waals surface area contributed by atoms with Crippen molar-refractivity contribution in [1.82, 2.24) is 0 Å². The van der Waals surface area contributed by atoms with Crippen LogP contribution in [0.2, 0.25) is 0 Å². The summed E-state index contributed by atoms with van der Waals surface area (Å²) in [5.41, 5.74) is 0. The number of esters is 2. The molecule has 0 aliphatic heterocycles. The number of hydrogen-bond donors (Lipinski definition) is 1. The maximum Gasteiger partial charge on any atom is 0.306 e. The molecule has 0 atom stereocenters. The Morgan fingerprint density at radius 3 is 1.95 bits per heavy atom. The van der Waals surface area contributed by atoms with Crippen molar-refractivity contribution in [1.29, 1.82) is 0 Å². The molecule has 1 N–H and O–H groups in total. The van der Waals surface area contributed by atoms with Gasteiger partial charge in [0.15, 0.2) is 0 Å². The number of rotatable bonds is 12. The zero-order chi connectivity index (χ0) is 14.3. The molecule has 0 amide bonds. The summed E-state index contributed by atoms with van der Waals surface area (Å²) in [6.45, 7) is 2.38. The molecule has 5 nitrogen and oxygen atoms in total. The molecule has 0 radical (unpaired) electrons. The van der Waals surface area contributed by atoms with E-state index < -0.39 is 5.97 Å². The SMILES string of the molecule is CCCCCCCCOC(=O)CCC(=O)OCCO. The highest BCUT2D eigenvalue weighted by Gasteiger charge is 2.08. The average Bonchev–Trinajstić information content (AvgIpc) is 2.41. The van der Waals surface area contributed by atoms with Crippen LogP contribution in [0.1, 0.15) is 58.3 Å². The Bertz CT molecular complexity index is 240. The summed E-state index contributed by atoms with van der Waals surface area (Å²) < 4.78 is 9.63. The van der Waals surface area contributed by atoms with Crippen molar-refractivity contribution in [3.63, 3.8) is 0 Å². The second-order valence-electron chi connectivity index (χ2n) is 4.43. The molecule has 0 spiro atoms. The van der Waals surface area contributed by atoms with Crippen LogP contribution < -0.4 is 0 Å². The molecule has 0 unspecified atom stereocenters. The molecule has 0 aromatic rings. The number of ether oxygens (including phenoxy) is 2. The highest BCUT2D eigenvalue weighted by molar-refractivity contribution is 5.77. The summed E-state index contributed by atoms with van der Waals surface area (Å²) in [5.74, 6) is -0.847. The maximum absolute atomic E-state index is 11.3. The van der Waals surface area contributed by atoms with E-state index in [9.17, 15) is 9.59 Å². The number of hydrogen-bond acceptors (Lipinski definition) is 5. The van der Waals surface area contributed by atoms with Crippen molar-refractivity contribution in [2.45, 2.75) is 58.3 Å². The molecule has 0 aromatic heterocycles. The Balaban J connectivity index is 3.32. The van der Waals surface area contributed by atoms with Crippen LogP contribution >= 0.6 is 0 Å². The van der Waals surface area contributed by atoms with Gasteiger partial charge in [-0.2, -0.15) is 0 Å². The van der Waals surface area contributed by atoms with Gasteiger partial charge in [-0.15, -0.1) is 0 Å². The van der Waals surface area contributed by atoms with E-state index in [0.29, 0.717) is 6.61 Å². The van der Waals surface area contributed by atoms with Crippen molar-refractivity contribution < 1.29 is 24.2 Å². The third-order valence-electron chi connectivity index (χ3n) is 2.65. The molecule has 112 valence electrons. The Morgan fingerprint density at radius 1 is 0.842 bits per heavy atom. The van der Waals surface area contributed by atoms with E-state index in [1.54, 1.807) is 0 Å². The fourth-order valence-corrected chi connectivity index (χ4v) is 1.58. The zero-order valence-electron chi connectivity index (χ0n) is 11.9. The van der Waals surface area contributed by atoms with E-state index in [4.69, 9.17) is 9.84 Å². The van der Waals surface area contributed by atoms with E-state index in [0.717, 1.165) is 12.8 Å². The minimum atomic E-state index is -0.481. The van der Waals surface area contributed by atoms with Crippen LogP contribution in [-0.2, 0) is 19.1 Å². The van der Waals surface area contributed by atoms with Crippen LogP contribution in [-0.4, -0.2) is 36.9 Å². The van der Waals surface area contributed by atoms with Crippen LogP contribution in [0, 0.1) is 0 Å². The average molecular weight is 274 g/mol. The molecule has 0 aliphatic carbocycles. The second-order valence-corrected chi connectivity index (χ2v) is 4.43. The second kappa shape index (κ2) is 13.3. The van der Waals surface area contributed by atoms with Crippen molar-refractivity contribution in [3.8, 4) is 0 Å². The van der Waals surface area contributed by atoms with Crippen molar-refractivity contribution in [2.75, 3.05) is 19.8 Å². The highest BCUT2D eigenvalue weighted by atomic mass is 16.5. The van der Waals surface area contributed by atoms with E-state index in [-0.39, 0.29) is 32.0 Å². The molecule has 19 heavy (non-hydrogen) atoms. The Morgan fingerprint density at radius 2 is 1.37 bits per heavy atom.